The summed E-state index contributed by atoms with van der Waals surface area (Å²) in [7, 11) is 0. The second kappa shape index (κ2) is 17.7. The third-order valence-corrected chi connectivity index (χ3v) is 10.4. The summed E-state index contributed by atoms with van der Waals surface area (Å²) in [4.78, 5) is 4.39. The molecule has 5 aromatic heterocycles. The van der Waals surface area contributed by atoms with E-state index in [1.54, 1.807) is 9.36 Å². The molecule has 22 heteroatoms. The Kier molecular flexibility index (Phi) is 13.2. The second-order valence-electron chi connectivity index (χ2n) is 20.5. The van der Waals surface area contributed by atoms with Crippen molar-refractivity contribution in [3.05, 3.63) is 59.5 Å². The van der Waals surface area contributed by atoms with Crippen molar-refractivity contribution in [2.45, 2.75) is 157 Å². The van der Waals surface area contributed by atoms with Gasteiger partial charge >= 0.3 is 0 Å². The van der Waals surface area contributed by atoms with Gasteiger partial charge in [-0.2, -0.15) is 5.11 Å². The van der Waals surface area contributed by atoms with Crippen LogP contribution >= 0.6 is 0 Å². The monoisotopic (exact) mass is 847 g/mol. The number of aliphatic hydroxyl groups is 2. The van der Waals surface area contributed by atoms with Crippen molar-refractivity contribution >= 4 is 0 Å². The van der Waals surface area contributed by atoms with E-state index >= 15 is 0 Å². The fourth-order valence-corrected chi connectivity index (χ4v) is 6.77. The van der Waals surface area contributed by atoms with Crippen LogP contribution in [-0.2, 0) is 62.4 Å². The number of aromatic nitrogens is 15. The smallest absolute Gasteiger partial charge is 0.105 e. The van der Waals surface area contributed by atoms with E-state index in [0.717, 1.165) is 22.8 Å². The fraction of sp³-hybridized carbons (Fsp3) is 0.744. The molecule has 5 aromatic rings. The van der Waals surface area contributed by atoms with Crippen molar-refractivity contribution in [3.63, 3.8) is 0 Å². The molecule has 0 aliphatic carbocycles. The quantitative estimate of drug-likeness (QED) is 0.129. The minimum atomic E-state index is -1.02. The number of rotatable bonds is 18. The van der Waals surface area contributed by atoms with Gasteiger partial charge in [-0.3, -0.25) is 24.2 Å². The molecule has 1 unspecified atom stereocenters. The molecule has 0 aromatic carbocycles. The van der Waals surface area contributed by atoms with Crippen molar-refractivity contribution in [3.8, 4) is 0 Å². The van der Waals surface area contributed by atoms with E-state index in [0.29, 0.717) is 51.5 Å². The molecule has 1 aliphatic heterocycles. The Morgan fingerprint density at radius 1 is 0.508 bits per heavy atom. The first kappa shape index (κ1) is 45.5. The van der Waals surface area contributed by atoms with Crippen LogP contribution < -0.4 is 0 Å². The fourth-order valence-electron chi connectivity index (χ4n) is 6.77. The SMILES string of the molecule is CC(C)(C)N1CC(CN(Cc2cn(CC(CO)(CO)Cn3cc(CN(Cc4cn(C(C)(C)C)nn4)Cc4cn(C(C)(C)C)nn4)nn3)nn2)Cc2cn(C(C)(C)C)nn2)N=N1. The Bertz CT molecular complexity index is 2130. The molecule has 0 spiro atoms. The zero-order valence-corrected chi connectivity index (χ0v) is 38.1. The van der Waals surface area contributed by atoms with Crippen LogP contribution in [0.5, 0.6) is 0 Å². The van der Waals surface area contributed by atoms with Gasteiger partial charge in [-0.05, 0) is 83.1 Å². The van der Waals surface area contributed by atoms with Crippen molar-refractivity contribution in [2.24, 2.45) is 15.8 Å². The lowest BCUT2D eigenvalue weighted by Crippen LogP contribution is -2.40. The van der Waals surface area contributed by atoms with Gasteiger partial charge in [0.15, 0.2) is 0 Å². The summed E-state index contributed by atoms with van der Waals surface area (Å²) in [6.45, 7) is 28.6. The first-order valence-electron chi connectivity index (χ1n) is 20.9. The van der Waals surface area contributed by atoms with E-state index in [4.69, 9.17) is 0 Å². The average molecular weight is 847 g/mol. The molecule has 6 rings (SSSR count). The maximum absolute atomic E-state index is 10.7. The Morgan fingerprint density at radius 2 is 0.869 bits per heavy atom. The van der Waals surface area contributed by atoms with Crippen LogP contribution in [0.2, 0.25) is 0 Å². The summed E-state index contributed by atoms with van der Waals surface area (Å²) in [6, 6.07) is -0.0312. The lowest BCUT2D eigenvalue weighted by Gasteiger charge is -2.29. The molecule has 334 valence electrons. The van der Waals surface area contributed by atoms with Crippen LogP contribution in [0, 0.1) is 5.41 Å². The van der Waals surface area contributed by atoms with Crippen molar-refractivity contribution in [2.75, 3.05) is 26.3 Å². The van der Waals surface area contributed by atoms with Crippen LogP contribution in [0.15, 0.2) is 41.3 Å². The average Bonchev–Trinajstić information content (AvgIpc) is 4.00. The molecule has 0 amide bonds. The predicted octanol–water partition coefficient (Wildman–Crippen LogP) is 2.63. The van der Waals surface area contributed by atoms with E-state index < -0.39 is 5.41 Å². The minimum absolute atomic E-state index is 0.0312. The molecule has 0 radical (unpaired) electrons. The van der Waals surface area contributed by atoms with Gasteiger partial charge in [0.2, 0.25) is 0 Å². The maximum Gasteiger partial charge on any atom is 0.105 e. The Balaban J connectivity index is 1.14. The molecular formula is C39H66N20O2. The highest BCUT2D eigenvalue weighted by molar-refractivity contribution is 5.03. The highest BCUT2D eigenvalue weighted by Crippen LogP contribution is 2.25. The van der Waals surface area contributed by atoms with Gasteiger partial charge in [0.05, 0.1) is 107 Å². The molecule has 22 nitrogen and oxygen atoms in total. The van der Waals surface area contributed by atoms with E-state index in [1.807, 2.05) is 50.0 Å². The van der Waals surface area contributed by atoms with E-state index in [2.05, 4.69) is 155 Å². The van der Waals surface area contributed by atoms with Gasteiger partial charge in [-0.1, -0.05) is 31.3 Å². The molecule has 0 fully saturated rings. The van der Waals surface area contributed by atoms with Gasteiger partial charge < -0.3 is 10.2 Å². The number of nitrogens with zero attached hydrogens (tertiary/aromatic N) is 20. The largest absolute Gasteiger partial charge is 0.396 e. The molecular weight excluding hydrogens is 781 g/mol. The van der Waals surface area contributed by atoms with E-state index in [9.17, 15) is 10.2 Å². The maximum atomic E-state index is 10.7. The van der Waals surface area contributed by atoms with Gasteiger partial charge in [0.25, 0.3) is 0 Å². The standard InChI is InChI=1S/C39H66N20O2/c1-35(2,3)56-21-31(42-48-56)15-52(16-32-22-57(49-43-32)36(4,5)6)13-29-19-54(46-40-29)25-39(27-60,28-61)26-55-20-30(41-47-55)14-53(17-33-23-58(50-44-33)37(7,8)9)18-34-24-59(51-45-34)38(10,11)12/h19-23,34,60-61H,13-18,24-28H2,1-12H3. The molecule has 1 atom stereocenters. The lowest BCUT2D eigenvalue weighted by molar-refractivity contribution is 0.0186. The normalized spacial score (nSPS) is 15.7. The third-order valence-electron chi connectivity index (χ3n) is 10.4. The van der Waals surface area contributed by atoms with E-state index in [1.165, 1.54) is 0 Å². The first-order chi connectivity index (χ1) is 28.5. The second-order valence-corrected chi connectivity index (χ2v) is 20.5. The summed E-state index contributed by atoms with van der Waals surface area (Å²) in [5.41, 5.74) is 2.12. The summed E-state index contributed by atoms with van der Waals surface area (Å²) in [5, 5.41) is 76.8. The van der Waals surface area contributed by atoms with Gasteiger partial charge in [0, 0.05) is 51.7 Å². The minimum Gasteiger partial charge on any atom is -0.396 e. The molecule has 61 heavy (non-hydrogen) atoms. The predicted molar refractivity (Wildman–Crippen MR) is 224 cm³/mol. The first-order valence-corrected chi connectivity index (χ1v) is 20.9. The molecule has 6 heterocycles. The third kappa shape index (κ3) is 12.1. The van der Waals surface area contributed by atoms with Crippen molar-refractivity contribution in [1.82, 2.24) is 89.8 Å². The van der Waals surface area contributed by atoms with Crippen molar-refractivity contribution < 1.29 is 10.2 Å². The van der Waals surface area contributed by atoms with Crippen LogP contribution in [0.1, 0.15) is 112 Å². The molecule has 0 saturated heterocycles. The summed E-state index contributed by atoms with van der Waals surface area (Å²) < 4.78 is 8.91. The lowest BCUT2D eigenvalue weighted by atomic mass is 9.90. The Hall–Kier alpha value is -5.06. The summed E-state index contributed by atoms with van der Waals surface area (Å²) in [5.74, 6) is 0. The van der Waals surface area contributed by atoms with Crippen LogP contribution in [0.25, 0.3) is 0 Å². The van der Waals surface area contributed by atoms with Crippen LogP contribution in [0.4, 0.5) is 0 Å². The van der Waals surface area contributed by atoms with E-state index in [-0.39, 0.29) is 54.5 Å². The van der Waals surface area contributed by atoms with Crippen LogP contribution in [0.3, 0.4) is 0 Å². The zero-order valence-electron chi connectivity index (χ0n) is 38.1. The highest BCUT2D eigenvalue weighted by Gasteiger charge is 2.33. The van der Waals surface area contributed by atoms with Gasteiger partial charge in [0.1, 0.15) is 6.04 Å². The number of hydrogen-bond donors (Lipinski definition) is 2. The van der Waals surface area contributed by atoms with Gasteiger partial charge in [-0.15, -0.1) is 25.5 Å². The molecule has 0 saturated carbocycles. The molecule has 1 aliphatic rings. The Labute approximate surface area is 357 Å². The topological polar surface area (TPSA) is 228 Å². The summed E-state index contributed by atoms with van der Waals surface area (Å²) in [6.07, 6.45) is 9.59. The molecule has 0 bridgehead atoms. The zero-order chi connectivity index (χ0) is 44.4. The molecule has 2 N–H and O–H groups in total. The Morgan fingerprint density at radius 3 is 1.20 bits per heavy atom. The van der Waals surface area contributed by atoms with Gasteiger partial charge in [-0.25, -0.2) is 14.0 Å². The highest BCUT2D eigenvalue weighted by atomic mass is 16.3. The number of aliphatic hydroxyl groups excluding tert-OH is 2. The summed E-state index contributed by atoms with van der Waals surface area (Å²) >= 11 is 0. The number of hydrogen-bond acceptors (Lipinski definition) is 17. The van der Waals surface area contributed by atoms with Crippen LogP contribution in [-0.4, -0.2) is 138 Å². The van der Waals surface area contributed by atoms with Crippen molar-refractivity contribution in [1.29, 1.82) is 0 Å².